The molecule has 3 rings (SSSR count). The molecule has 1 aromatic heterocycles. The topological polar surface area (TPSA) is 53.1 Å². The Kier molecular flexibility index (Phi) is 2.39. The van der Waals surface area contributed by atoms with Crippen LogP contribution in [-0.4, -0.2) is 16.1 Å². The van der Waals surface area contributed by atoms with Crippen molar-refractivity contribution in [3.05, 3.63) is 35.5 Å². The lowest BCUT2D eigenvalue weighted by Gasteiger charge is -2.04. The molecule has 0 aliphatic heterocycles. The van der Waals surface area contributed by atoms with Crippen molar-refractivity contribution < 1.29 is 9.90 Å². The molecule has 3 heteroatoms. The average molecular weight is 229 g/mol. The quantitative estimate of drug-likeness (QED) is 0.827. The van der Waals surface area contributed by atoms with E-state index in [-0.39, 0.29) is 0 Å². The zero-order chi connectivity index (χ0) is 11.8. The second kappa shape index (κ2) is 3.91. The average Bonchev–Trinajstić information content (AvgIpc) is 2.96. The van der Waals surface area contributed by atoms with Gasteiger partial charge >= 0.3 is 5.97 Å². The first-order valence-corrected chi connectivity index (χ1v) is 6.10. The number of H-pyrrole nitrogens is 1. The number of nitrogens with one attached hydrogen (secondary N) is 1. The fourth-order valence-corrected chi connectivity index (χ4v) is 2.82. The van der Waals surface area contributed by atoms with Crippen LogP contribution in [0.1, 0.15) is 47.7 Å². The molecule has 0 unspecified atom stereocenters. The van der Waals surface area contributed by atoms with Gasteiger partial charge in [-0.3, -0.25) is 0 Å². The van der Waals surface area contributed by atoms with Crippen LogP contribution in [0.2, 0.25) is 0 Å². The number of hydrogen-bond donors (Lipinski definition) is 2. The number of aromatic carboxylic acids is 1. The van der Waals surface area contributed by atoms with E-state index in [1.54, 1.807) is 12.1 Å². The van der Waals surface area contributed by atoms with E-state index < -0.39 is 5.97 Å². The third kappa shape index (κ3) is 1.71. The zero-order valence-corrected chi connectivity index (χ0v) is 9.57. The Morgan fingerprint density at radius 1 is 1.29 bits per heavy atom. The third-order valence-corrected chi connectivity index (χ3v) is 3.71. The number of fused-ring (bicyclic) bond motifs is 1. The number of carbonyl (C=O) groups is 1. The van der Waals surface area contributed by atoms with Crippen LogP contribution in [0, 0.1) is 0 Å². The van der Waals surface area contributed by atoms with Gasteiger partial charge in [0.2, 0.25) is 0 Å². The maximum atomic E-state index is 11.1. The Morgan fingerprint density at radius 3 is 2.76 bits per heavy atom. The molecular formula is C14H15NO2. The van der Waals surface area contributed by atoms with Crippen LogP contribution in [-0.2, 0) is 0 Å². The molecule has 1 heterocycles. The molecule has 0 spiro atoms. The summed E-state index contributed by atoms with van der Waals surface area (Å²) in [7, 11) is 0. The van der Waals surface area contributed by atoms with Gasteiger partial charge in [0.15, 0.2) is 0 Å². The van der Waals surface area contributed by atoms with Crippen LogP contribution in [0.5, 0.6) is 0 Å². The number of aromatic nitrogens is 1. The van der Waals surface area contributed by atoms with Crippen LogP contribution < -0.4 is 0 Å². The third-order valence-electron chi connectivity index (χ3n) is 3.71. The Hall–Kier alpha value is -1.77. The lowest BCUT2D eigenvalue weighted by molar-refractivity contribution is 0.0699. The standard InChI is InChI=1S/C14H15NO2/c16-14(17)10-6-3-7-12-11(10)8-13(15-12)9-4-1-2-5-9/h3,6-9,15H,1-2,4-5H2,(H,16,17). The van der Waals surface area contributed by atoms with Gasteiger partial charge in [0.25, 0.3) is 0 Å². The number of hydrogen-bond acceptors (Lipinski definition) is 1. The maximum absolute atomic E-state index is 11.1. The molecule has 1 aliphatic carbocycles. The number of aromatic amines is 1. The lowest BCUT2D eigenvalue weighted by Crippen LogP contribution is -1.95. The predicted molar refractivity (Wildman–Crippen MR) is 66.5 cm³/mol. The normalized spacial score (nSPS) is 16.7. The van der Waals surface area contributed by atoms with E-state index in [0.29, 0.717) is 11.5 Å². The van der Waals surface area contributed by atoms with Crippen molar-refractivity contribution in [2.45, 2.75) is 31.6 Å². The summed E-state index contributed by atoms with van der Waals surface area (Å²) in [4.78, 5) is 14.5. The minimum Gasteiger partial charge on any atom is -0.478 e. The summed E-state index contributed by atoms with van der Waals surface area (Å²) in [6, 6.07) is 7.42. The van der Waals surface area contributed by atoms with E-state index in [2.05, 4.69) is 4.98 Å². The predicted octanol–water partition coefficient (Wildman–Crippen LogP) is 3.52. The molecular weight excluding hydrogens is 214 g/mol. The summed E-state index contributed by atoms with van der Waals surface area (Å²) >= 11 is 0. The summed E-state index contributed by atoms with van der Waals surface area (Å²) in [5.41, 5.74) is 2.53. The Labute approximate surface area is 99.5 Å². The maximum Gasteiger partial charge on any atom is 0.336 e. The number of benzene rings is 1. The van der Waals surface area contributed by atoms with Crippen molar-refractivity contribution in [3.8, 4) is 0 Å². The smallest absolute Gasteiger partial charge is 0.336 e. The highest BCUT2D eigenvalue weighted by atomic mass is 16.4. The molecule has 0 bridgehead atoms. The van der Waals surface area contributed by atoms with Crippen LogP contribution in [0.3, 0.4) is 0 Å². The monoisotopic (exact) mass is 229 g/mol. The molecule has 88 valence electrons. The van der Waals surface area contributed by atoms with Crippen molar-refractivity contribution in [2.75, 3.05) is 0 Å². The van der Waals surface area contributed by atoms with Crippen molar-refractivity contribution in [2.24, 2.45) is 0 Å². The highest BCUT2D eigenvalue weighted by molar-refractivity contribution is 6.03. The van der Waals surface area contributed by atoms with Gasteiger partial charge < -0.3 is 10.1 Å². The fraction of sp³-hybridized carbons (Fsp3) is 0.357. The van der Waals surface area contributed by atoms with Crippen molar-refractivity contribution >= 4 is 16.9 Å². The van der Waals surface area contributed by atoms with Gasteiger partial charge in [-0.05, 0) is 37.0 Å². The molecule has 0 atom stereocenters. The molecule has 2 aromatic rings. The van der Waals surface area contributed by atoms with Gasteiger partial charge in [-0.25, -0.2) is 4.79 Å². The van der Waals surface area contributed by atoms with Gasteiger partial charge in [0, 0.05) is 16.6 Å². The second-order valence-corrected chi connectivity index (χ2v) is 4.78. The molecule has 1 aromatic carbocycles. The molecule has 17 heavy (non-hydrogen) atoms. The first kappa shape index (κ1) is 10.4. The van der Waals surface area contributed by atoms with Crippen LogP contribution >= 0.6 is 0 Å². The molecule has 0 saturated heterocycles. The van der Waals surface area contributed by atoms with E-state index in [1.807, 2.05) is 12.1 Å². The fourth-order valence-electron chi connectivity index (χ4n) is 2.82. The van der Waals surface area contributed by atoms with Crippen LogP contribution in [0.25, 0.3) is 10.9 Å². The van der Waals surface area contributed by atoms with Crippen molar-refractivity contribution in [1.82, 2.24) is 4.98 Å². The minimum absolute atomic E-state index is 0.392. The Balaban J connectivity index is 2.11. The summed E-state index contributed by atoms with van der Waals surface area (Å²) in [5, 5.41) is 9.98. The van der Waals surface area contributed by atoms with Gasteiger partial charge in [-0.15, -0.1) is 0 Å². The molecule has 0 radical (unpaired) electrons. The van der Waals surface area contributed by atoms with Gasteiger partial charge in [-0.1, -0.05) is 18.9 Å². The largest absolute Gasteiger partial charge is 0.478 e. The number of carboxylic acids is 1. The van der Waals surface area contributed by atoms with E-state index in [1.165, 1.54) is 31.4 Å². The van der Waals surface area contributed by atoms with Gasteiger partial charge in [0.05, 0.1) is 5.56 Å². The van der Waals surface area contributed by atoms with Crippen molar-refractivity contribution in [3.63, 3.8) is 0 Å². The Bertz CT molecular complexity index is 565. The summed E-state index contributed by atoms with van der Waals surface area (Å²) in [5.74, 6) is -0.267. The zero-order valence-electron chi connectivity index (χ0n) is 9.57. The molecule has 0 amide bonds. The first-order valence-electron chi connectivity index (χ1n) is 6.10. The van der Waals surface area contributed by atoms with Crippen LogP contribution in [0.4, 0.5) is 0 Å². The summed E-state index contributed by atoms with van der Waals surface area (Å²) in [6.07, 6.45) is 5.00. The Morgan fingerprint density at radius 2 is 2.06 bits per heavy atom. The molecule has 1 fully saturated rings. The van der Waals surface area contributed by atoms with Crippen molar-refractivity contribution in [1.29, 1.82) is 0 Å². The van der Waals surface area contributed by atoms with E-state index >= 15 is 0 Å². The highest BCUT2D eigenvalue weighted by Gasteiger charge is 2.20. The molecule has 1 aliphatic rings. The van der Waals surface area contributed by atoms with Gasteiger partial charge in [0.1, 0.15) is 0 Å². The van der Waals surface area contributed by atoms with E-state index in [9.17, 15) is 4.79 Å². The molecule has 3 nitrogen and oxygen atoms in total. The molecule has 2 N–H and O–H groups in total. The number of rotatable bonds is 2. The summed E-state index contributed by atoms with van der Waals surface area (Å²) in [6.45, 7) is 0. The lowest BCUT2D eigenvalue weighted by atomic mass is 10.0. The van der Waals surface area contributed by atoms with Gasteiger partial charge in [-0.2, -0.15) is 0 Å². The number of carboxylic acid groups (broad SMARTS) is 1. The second-order valence-electron chi connectivity index (χ2n) is 4.78. The minimum atomic E-state index is -0.854. The highest BCUT2D eigenvalue weighted by Crippen LogP contribution is 2.35. The van der Waals surface area contributed by atoms with Crippen LogP contribution in [0.15, 0.2) is 24.3 Å². The molecule has 1 saturated carbocycles. The summed E-state index contributed by atoms with van der Waals surface area (Å²) < 4.78 is 0. The SMILES string of the molecule is O=C(O)c1cccc2[nH]c(C3CCCC3)cc12. The first-order chi connectivity index (χ1) is 8.25. The van der Waals surface area contributed by atoms with E-state index in [0.717, 1.165) is 10.9 Å². The van der Waals surface area contributed by atoms with E-state index in [4.69, 9.17) is 5.11 Å².